The molecular weight excluding hydrogens is 364 g/mol. The number of aliphatic hydroxyl groups excluding tert-OH is 1. The second-order valence-corrected chi connectivity index (χ2v) is 6.54. The minimum atomic E-state index is -3.55. The molecule has 5 nitrogen and oxygen atoms in total. The average Bonchev–Trinajstić information content (AvgIpc) is 2.95. The fraction of sp³-hybridized carbons (Fsp3) is 0.143. The molecule has 1 unspecified atom stereocenters. The van der Waals surface area contributed by atoms with E-state index in [0.29, 0.717) is 16.8 Å². The first-order valence-corrected chi connectivity index (χ1v) is 8.70. The topological polar surface area (TPSA) is 74.2 Å². The molecule has 2 aromatic carbocycles. The third-order valence-corrected chi connectivity index (χ3v) is 4.69. The van der Waals surface area contributed by atoms with Crippen LogP contribution in [-0.4, -0.2) is 22.6 Å². The standard InChI is InChI=1S/C21H17F2N3O2/c22-21(23)17-9-14(6-7-18(17)26-20(21)28)15-8-16(11-24-10-15)25-19(12-27)13-4-2-1-3-5-13/h1-11,19,25,27H,12H2,(H,26,28). The van der Waals surface area contributed by atoms with E-state index in [1.165, 1.54) is 12.1 Å². The Morgan fingerprint density at radius 2 is 1.86 bits per heavy atom. The molecule has 142 valence electrons. The van der Waals surface area contributed by atoms with Crippen LogP contribution in [0.2, 0.25) is 0 Å². The van der Waals surface area contributed by atoms with Gasteiger partial charge in [-0.3, -0.25) is 9.78 Å². The van der Waals surface area contributed by atoms with Crippen LogP contribution < -0.4 is 10.6 Å². The number of anilines is 2. The zero-order chi connectivity index (χ0) is 19.7. The summed E-state index contributed by atoms with van der Waals surface area (Å²) < 4.78 is 28.1. The lowest BCUT2D eigenvalue weighted by molar-refractivity contribution is -0.139. The van der Waals surface area contributed by atoms with Gasteiger partial charge in [0.15, 0.2) is 0 Å². The van der Waals surface area contributed by atoms with E-state index in [1.807, 2.05) is 30.3 Å². The number of hydrogen-bond donors (Lipinski definition) is 3. The van der Waals surface area contributed by atoms with Crippen LogP contribution >= 0.6 is 0 Å². The molecule has 4 rings (SSSR count). The summed E-state index contributed by atoms with van der Waals surface area (Å²) in [5.74, 6) is -4.87. The van der Waals surface area contributed by atoms with E-state index in [1.54, 1.807) is 24.5 Å². The minimum absolute atomic E-state index is 0.116. The van der Waals surface area contributed by atoms with Crippen molar-refractivity contribution in [3.05, 3.63) is 78.1 Å². The van der Waals surface area contributed by atoms with Gasteiger partial charge in [0.05, 0.1) is 29.6 Å². The number of carbonyl (C=O) groups is 1. The van der Waals surface area contributed by atoms with Gasteiger partial charge < -0.3 is 15.7 Å². The van der Waals surface area contributed by atoms with E-state index >= 15 is 0 Å². The van der Waals surface area contributed by atoms with Crippen LogP contribution in [0.1, 0.15) is 17.2 Å². The van der Waals surface area contributed by atoms with E-state index in [4.69, 9.17) is 0 Å². The lowest BCUT2D eigenvalue weighted by Gasteiger charge is -2.18. The van der Waals surface area contributed by atoms with Gasteiger partial charge in [-0.1, -0.05) is 36.4 Å². The van der Waals surface area contributed by atoms with Gasteiger partial charge in [-0.15, -0.1) is 0 Å². The lowest BCUT2D eigenvalue weighted by atomic mass is 10.0. The fourth-order valence-corrected chi connectivity index (χ4v) is 3.21. The molecule has 3 N–H and O–H groups in total. The lowest BCUT2D eigenvalue weighted by Crippen LogP contribution is -2.23. The van der Waals surface area contributed by atoms with Crippen molar-refractivity contribution < 1.29 is 18.7 Å². The van der Waals surface area contributed by atoms with E-state index < -0.39 is 11.8 Å². The average molecular weight is 381 g/mol. The first-order valence-electron chi connectivity index (χ1n) is 8.70. The molecule has 1 aliphatic heterocycles. The second-order valence-electron chi connectivity index (χ2n) is 6.54. The van der Waals surface area contributed by atoms with Gasteiger partial charge in [0, 0.05) is 18.0 Å². The number of halogens is 2. The molecule has 0 saturated heterocycles. The van der Waals surface area contributed by atoms with Crippen molar-refractivity contribution in [3.8, 4) is 11.1 Å². The third-order valence-electron chi connectivity index (χ3n) is 4.69. The highest BCUT2D eigenvalue weighted by molar-refractivity contribution is 6.04. The van der Waals surface area contributed by atoms with E-state index in [-0.39, 0.29) is 23.9 Å². The number of carbonyl (C=O) groups excluding carboxylic acids is 1. The van der Waals surface area contributed by atoms with Crippen LogP contribution in [0, 0.1) is 0 Å². The number of nitrogens with one attached hydrogen (secondary N) is 2. The fourth-order valence-electron chi connectivity index (χ4n) is 3.21. The SMILES string of the molecule is O=C1Nc2ccc(-c3cncc(NC(CO)c4ccccc4)c3)cc2C1(F)F. The number of rotatable bonds is 5. The first kappa shape index (κ1) is 18.1. The Hall–Kier alpha value is -3.32. The molecule has 7 heteroatoms. The highest BCUT2D eigenvalue weighted by Crippen LogP contribution is 2.42. The van der Waals surface area contributed by atoms with Crippen molar-refractivity contribution in [3.63, 3.8) is 0 Å². The van der Waals surface area contributed by atoms with Crippen LogP contribution in [0.4, 0.5) is 20.2 Å². The predicted molar refractivity (Wildman–Crippen MR) is 102 cm³/mol. The minimum Gasteiger partial charge on any atom is -0.394 e. The first-order chi connectivity index (χ1) is 13.5. The Labute approximate surface area is 160 Å². The number of alkyl halides is 2. The predicted octanol–water partition coefficient (Wildman–Crippen LogP) is 3.94. The maximum Gasteiger partial charge on any atom is 0.352 e. The highest BCUT2D eigenvalue weighted by Gasteiger charge is 2.48. The maximum atomic E-state index is 14.0. The molecule has 0 saturated carbocycles. The molecule has 0 bridgehead atoms. The smallest absolute Gasteiger partial charge is 0.352 e. The van der Waals surface area contributed by atoms with E-state index in [0.717, 1.165) is 5.56 Å². The van der Waals surface area contributed by atoms with Gasteiger partial charge in [0.2, 0.25) is 0 Å². The summed E-state index contributed by atoms with van der Waals surface area (Å²) in [6.07, 6.45) is 3.16. The van der Waals surface area contributed by atoms with Crippen molar-refractivity contribution in [2.75, 3.05) is 17.2 Å². The molecule has 1 aliphatic rings. The molecule has 3 aromatic rings. The van der Waals surface area contributed by atoms with Crippen molar-refractivity contribution in [1.29, 1.82) is 0 Å². The molecule has 28 heavy (non-hydrogen) atoms. The summed E-state index contributed by atoms with van der Waals surface area (Å²) in [5, 5.41) is 15.1. The van der Waals surface area contributed by atoms with Crippen molar-refractivity contribution in [1.82, 2.24) is 4.98 Å². The summed E-state index contributed by atoms with van der Waals surface area (Å²) in [7, 11) is 0. The Morgan fingerprint density at radius 3 is 2.61 bits per heavy atom. The van der Waals surface area contributed by atoms with Gasteiger partial charge in [-0.25, -0.2) is 0 Å². The zero-order valence-electron chi connectivity index (χ0n) is 14.7. The molecule has 2 heterocycles. The number of pyridine rings is 1. The van der Waals surface area contributed by atoms with Crippen LogP contribution in [0.3, 0.4) is 0 Å². The molecule has 1 amide bonds. The van der Waals surface area contributed by atoms with Gasteiger partial charge in [-0.2, -0.15) is 8.78 Å². The normalized spacial score (nSPS) is 15.6. The number of amides is 1. The van der Waals surface area contributed by atoms with Crippen LogP contribution in [0.25, 0.3) is 11.1 Å². The van der Waals surface area contributed by atoms with Crippen LogP contribution in [0.5, 0.6) is 0 Å². The highest BCUT2D eigenvalue weighted by atomic mass is 19.3. The van der Waals surface area contributed by atoms with Crippen molar-refractivity contribution >= 4 is 17.3 Å². The van der Waals surface area contributed by atoms with Gasteiger partial charge in [0.25, 0.3) is 5.91 Å². The molecule has 1 atom stereocenters. The van der Waals surface area contributed by atoms with Crippen molar-refractivity contribution in [2.45, 2.75) is 12.0 Å². The summed E-state index contributed by atoms with van der Waals surface area (Å²) >= 11 is 0. The number of nitrogens with zero attached hydrogens (tertiary/aromatic N) is 1. The number of aliphatic hydroxyl groups is 1. The zero-order valence-corrected chi connectivity index (χ0v) is 14.7. The molecule has 0 radical (unpaired) electrons. The largest absolute Gasteiger partial charge is 0.394 e. The summed E-state index contributed by atoms with van der Waals surface area (Å²) in [4.78, 5) is 15.6. The quantitative estimate of drug-likeness (QED) is 0.626. The summed E-state index contributed by atoms with van der Waals surface area (Å²) in [5.41, 5.74) is 2.47. The molecule has 1 aromatic heterocycles. The van der Waals surface area contributed by atoms with E-state index in [9.17, 15) is 18.7 Å². The summed E-state index contributed by atoms with van der Waals surface area (Å²) in [6, 6.07) is 15.3. The van der Waals surface area contributed by atoms with Gasteiger partial charge in [-0.05, 0) is 29.3 Å². The number of aromatic nitrogens is 1. The van der Waals surface area contributed by atoms with Gasteiger partial charge in [0.1, 0.15) is 0 Å². The maximum absolute atomic E-state index is 14.0. The number of benzene rings is 2. The molecular formula is C21H17F2N3O2. The van der Waals surface area contributed by atoms with Crippen molar-refractivity contribution in [2.24, 2.45) is 0 Å². The third kappa shape index (κ3) is 3.20. The summed E-state index contributed by atoms with van der Waals surface area (Å²) in [6.45, 7) is -0.118. The second kappa shape index (κ2) is 7.01. The number of fused-ring (bicyclic) bond motifs is 1. The molecule has 0 aliphatic carbocycles. The Bertz CT molecular complexity index is 1030. The molecule has 0 fully saturated rings. The molecule has 0 spiro atoms. The number of hydrogen-bond acceptors (Lipinski definition) is 4. The Morgan fingerprint density at radius 1 is 1.07 bits per heavy atom. The monoisotopic (exact) mass is 381 g/mol. The van der Waals surface area contributed by atoms with Crippen LogP contribution in [-0.2, 0) is 10.7 Å². The van der Waals surface area contributed by atoms with Crippen LogP contribution in [0.15, 0.2) is 67.0 Å². The Kier molecular flexibility index (Phi) is 4.52. The Balaban J connectivity index is 1.63. The van der Waals surface area contributed by atoms with E-state index in [2.05, 4.69) is 15.6 Å². The van der Waals surface area contributed by atoms with Gasteiger partial charge >= 0.3 is 5.92 Å².